The van der Waals surface area contributed by atoms with Crippen LogP contribution >= 0.6 is 0 Å². The van der Waals surface area contributed by atoms with Crippen molar-refractivity contribution in [1.29, 1.82) is 10.5 Å². The summed E-state index contributed by atoms with van der Waals surface area (Å²) >= 11 is 0. The first kappa shape index (κ1) is 12.6. The average Bonchev–Trinajstić information content (AvgIpc) is 2.46. The van der Waals surface area contributed by atoms with E-state index < -0.39 is 5.82 Å². The van der Waals surface area contributed by atoms with Gasteiger partial charge in [0.15, 0.2) is 0 Å². The highest BCUT2D eigenvalue weighted by Crippen LogP contribution is 2.27. The summed E-state index contributed by atoms with van der Waals surface area (Å²) in [6.45, 7) is 0. The molecule has 0 bridgehead atoms. The van der Waals surface area contributed by atoms with Gasteiger partial charge in [-0.15, -0.1) is 0 Å². The van der Waals surface area contributed by atoms with Gasteiger partial charge in [0.1, 0.15) is 11.9 Å². The number of hydrogen-bond acceptors (Lipinski definition) is 3. The Bertz CT molecular complexity index is 695. The molecule has 0 saturated heterocycles. The van der Waals surface area contributed by atoms with Gasteiger partial charge in [-0.25, -0.2) is 4.39 Å². The molecule has 0 spiro atoms. The minimum absolute atomic E-state index is 0.255. The van der Waals surface area contributed by atoms with Gasteiger partial charge in [-0.3, -0.25) is 0 Å². The van der Waals surface area contributed by atoms with E-state index >= 15 is 0 Å². The Morgan fingerprint density at radius 2 is 1.84 bits per heavy atom. The maximum atomic E-state index is 13.1. The van der Waals surface area contributed by atoms with Crippen LogP contribution in [-0.2, 0) is 0 Å². The fraction of sp³-hybridized carbons (Fsp3) is 0.0667. The third-order valence-electron chi connectivity index (χ3n) is 2.80. The third-order valence-corrected chi connectivity index (χ3v) is 2.80. The molecule has 92 valence electrons. The second-order valence-corrected chi connectivity index (χ2v) is 3.99. The standard InChI is InChI=1S/C15H10FN3/c1-19(14-4-2-3-11(7-14)9-17)15-6-5-13(16)8-12(15)10-18/h2-8H,1H3. The van der Waals surface area contributed by atoms with E-state index in [4.69, 9.17) is 10.5 Å². The van der Waals surface area contributed by atoms with Gasteiger partial charge >= 0.3 is 0 Å². The van der Waals surface area contributed by atoms with Crippen LogP contribution in [0, 0.1) is 28.5 Å². The molecule has 0 aliphatic heterocycles. The molecule has 0 N–H and O–H groups in total. The summed E-state index contributed by atoms with van der Waals surface area (Å²) in [6, 6.07) is 15.1. The zero-order chi connectivity index (χ0) is 13.8. The second-order valence-electron chi connectivity index (χ2n) is 3.99. The van der Waals surface area contributed by atoms with Gasteiger partial charge < -0.3 is 4.90 Å². The monoisotopic (exact) mass is 251 g/mol. The molecule has 19 heavy (non-hydrogen) atoms. The molecule has 0 aliphatic rings. The predicted molar refractivity (Wildman–Crippen MR) is 70.3 cm³/mol. The molecule has 0 saturated carbocycles. The van der Waals surface area contributed by atoms with Gasteiger partial charge in [0.05, 0.1) is 22.9 Å². The van der Waals surface area contributed by atoms with Crippen LogP contribution in [0.25, 0.3) is 0 Å². The van der Waals surface area contributed by atoms with Gasteiger partial charge in [-0.1, -0.05) is 6.07 Å². The molecule has 2 rings (SSSR count). The Balaban J connectivity index is 2.47. The highest BCUT2D eigenvalue weighted by atomic mass is 19.1. The summed E-state index contributed by atoms with van der Waals surface area (Å²) < 4.78 is 13.1. The number of nitriles is 2. The van der Waals surface area contributed by atoms with Gasteiger partial charge in [0, 0.05) is 12.7 Å². The van der Waals surface area contributed by atoms with Crippen molar-refractivity contribution < 1.29 is 4.39 Å². The van der Waals surface area contributed by atoms with E-state index in [1.165, 1.54) is 12.1 Å². The van der Waals surface area contributed by atoms with Crippen LogP contribution in [0.1, 0.15) is 11.1 Å². The summed E-state index contributed by atoms with van der Waals surface area (Å²) in [5.74, 6) is -0.445. The Kier molecular flexibility index (Phi) is 3.45. The molecule has 0 atom stereocenters. The maximum Gasteiger partial charge on any atom is 0.124 e. The topological polar surface area (TPSA) is 50.8 Å². The fourth-order valence-corrected chi connectivity index (χ4v) is 1.81. The second kappa shape index (κ2) is 5.20. The van der Waals surface area contributed by atoms with E-state index in [-0.39, 0.29) is 5.56 Å². The fourth-order valence-electron chi connectivity index (χ4n) is 1.81. The van der Waals surface area contributed by atoms with Crippen molar-refractivity contribution in [2.45, 2.75) is 0 Å². The quantitative estimate of drug-likeness (QED) is 0.822. The van der Waals surface area contributed by atoms with Crippen molar-refractivity contribution in [2.24, 2.45) is 0 Å². The summed E-state index contributed by atoms with van der Waals surface area (Å²) in [7, 11) is 1.77. The number of benzene rings is 2. The van der Waals surface area contributed by atoms with Crippen LogP contribution in [0.4, 0.5) is 15.8 Å². The number of anilines is 2. The van der Waals surface area contributed by atoms with Crippen molar-refractivity contribution >= 4 is 11.4 Å². The molecular weight excluding hydrogens is 241 g/mol. The normalized spacial score (nSPS) is 9.47. The zero-order valence-corrected chi connectivity index (χ0v) is 10.3. The SMILES string of the molecule is CN(c1cccc(C#N)c1)c1ccc(F)cc1C#N. The number of rotatable bonds is 2. The molecule has 0 amide bonds. The predicted octanol–water partition coefficient (Wildman–Crippen LogP) is 3.34. The Morgan fingerprint density at radius 1 is 1.05 bits per heavy atom. The van der Waals surface area contributed by atoms with E-state index in [9.17, 15) is 4.39 Å². The lowest BCUT2D eigenvalue weighted by atomic mass is 10.1. The highest BCUT2D eigenvalue weighted by molar-refractivity contribution is 5.69. The van der Waals surface area contributed by atoms with Crippen LogP contribution in [0.2, 0.25) is 0 Å². The third kappa shape index (κ3) is 2.53. The Labute approximate surface area is 110 Å². The van der Waals surface area contributed by atoms with Crippen LogP contribution in [0.5, 0.6) is 0 Å². The van der Waals surface area contributed by atoms with Crippen LogP contribution in [0.15, 0.2) is 42.5 Å². The largest absolute Gasteiger partial charge is 0.344 e. The molecule has 0 fully saturated rings. The molecule has 2 aromatic rings. The molecule has 0 aliphatic carbocycles. The number of halogens is 1. The Hall–Kier alpha value is -2.85. The van der Waals surface area contributed by atoms with Gasteiger partial charge in [-0.2, -0.15) is 10.5 Å². The van der Waals surface area contributed by atoms with Gasteiger partial charge in [0.2, 0.25) is 0 Å². The van der Waals surface area contributed by atoms with Crippen molar-refractivity contribution in [3.05, 3.63) is 59.4 Å². The molecule has 0 heterocycles. The van der Waals surface area contributed by atoms with E-state index in [0.717, 1.165) is 5.69 Å². The molecule has 3 nitrogen and oxygen atoms in total. The first-order valence-corrected chi connectivity index (χ1v) is 5.59. The molecular formula is C15H10FN3. The van der Waals surface area contributed by atoms with Crippen LogP contribution in [0.3, 0.4) is 0 Å². The average molecular weight is 251 g/mol. The van der Waals surface area contributed by atoms with Gasteiger partial charge in [0.25, 0.3) is 0 Å². The lowest BCUT2D eigenvalue weighted by molar-refractivity contribution is 0.627. The van der Waals surface area contributed by atoms with E-state index in [2.05, 4.69) is 6.07 Å². The molecule has 0 aromatic heterocycles. The summed E-state index contributed by atoms with van der Waals surface area (Å²) in [4.78, 5) is 1.75. The van der Waals surface area contributed by atoms with E-state index in [0.29, 0.717) is 11.3 Å². The summed E-state index contributed by atoms with van der Waals surface area (Å²) in [5, 5.41) is 17.9. The molecule has 2 aromatic carbocycles. The first-order valence-electron chi connectivity index (χ1n) is 5.59. The molecule has 0 unspecified atom stereocenters. The van der Waals surface area contributed by atoms with Crippen LogP contribution < -0.4 is 4.90 Å². The van der Waals surface area contributed by atoms with E-state index in [1.807, 2.05) is 12.1 Å². The zero-order valence-electron chi connectivity index (χ0n) is 10.3. The van der Waals surface area contributed by atoms with Gasteiger partial charge in [-0.05, 0) is 36.4 Å². The number of hydrogen-bond donors (Lipinski definition) is 0. The number of nitrogens with zero attached hydrogens (tertiary/aromatic N) is 3. The minimum atomic E-state index is -0.445. The van der Waals surface area contributed by atoms with Crippen molar-refractivity contribution in [1.82, 2.24) is 0 Å². The first-order chi connectivity index (χ1) is 9.15. The van der Waals surface area contributed by atoms with Crippen molar-refractivity contribution in [2.75, 3.05) is 11.9 Å². The van der Waals surface area contributed by atoms with Crippen molar-refractivity contribution in [3.8, 4) is 12.1 Å². The minimum Gasteiger partial charge on any atom is -0.344 e. The summed E-state index contributed by atoms with van der Waals surface area (Å²) in [6.07, 6.45) is 0. The maximum absolute atomic E-state index is 13.1. The van der Waals surface area contributed by atoms with E-state index in [1.54, 1.807) is 36.2 Å². The smallest absolute Gasteiger partial charge is 0.124 e. The lowest BCUT2D eigenvalue weighted by Crippen LogP contribution is -2.11. The lowest BCUT2D eigenvalue weighted by Gasteiger charge is -2.20. The highest BCUT2D eigenvalue weighted by Gasteiger charge is 2.10. The van der Waals surface area contributed by atoms with Crippen LogP contribution in [-0.4, -0.2) is 7.05 Å². The Morgan fingerprint density at radius 3 is 2.53 bits per heavy atom. The van der Waals surface area contributed by atoms with Crippen molar-refractivity contribution in [3.63, 3.8) is 0 Å². The molecule has 0 radical (unpaired) electrons. The molecule has 4 heteroatoms. The summed E-state index contributed by atoms with van der Waals surface area (Å²) in [5.41, 5.74) is 2.15.